The van der Waals surface area contributed by atoms with Crippen LogP contribution in [0.2, 0.25) is 0 Å². The standard InChI is InChI=1S/C23H31N7O12/c24-17-12-19(27-7-26-17)30(8-28-12)21-16(34)14(32)11(41-21)6-39-23(37)42-22(36)38-5-10-13(31)15(33)20(40-10)29-3-1-2-9(4-29)18(25)35/h1,3-4,7-8,10-11,13-16,20-23,31-34,36-37H,2,5-6H2,(H2,25,35)(H2,24,26,27). The summed E-state index contributed by atoms with van der Waals surface area (Å²) in [6.07, 6.45) is -2.74. The van der Waals surface area contributed by atoms with Gasteiger partial charge < -0.3 is 66.0 Å². The average Bonchev–Trinajstić information content (AvgIpc) is 3.61. The highest BCUT2D eigenvalue weighted by molar-refractivity contribution is 5.92. The molecule has 2 aromatic heterocycles. The Balaban J connectivity index is 1.08. The third kappa shape index (κ3) is 6.07. The monoisotopic (exact) mass is 597 g/mol. The van der Waals surface area contributed by atoms with E-state index >= 15 is 0 Å². The Morgan fingerprint density at radius 2 is 1.60 bits per heavy atom. The number of rotatable bonds is 11. The fourth-order valence-electron chi connectivity index (χ4n) is 4.70. The van der Waals surface area contributed by atoms with Gasteiger partial charge in [-0.05, 0) is 6.42 Å². The summed E-state index contributed by atoms with van der Waals surface area (Å²) in [4.78, 5) is 24.8. The van der Waals surface area contributed by atoms with Crippen LogP contribution in [-0.4, -0.2) is 130 Å². The third-order valence-electron chi connectivity index (χ3n) is 6.91. The molecule has 10 unspecified atom stereocenters. The van der Waals surface area contributed by atoms with E-state index in [0.29, 0.717) is 6.42 Å². The van der Waals surface area contributed by atoms with E-state index in [0.717, 1.165) is 0 Å². The first kappa shape index (κ1) is 30.1. The van der Waals surface area contributed by atoms with Crippen molar-refractivity contribution in [1.29, 1.82) is 0 Å². The van der Waals surface area contributed by atoms with E-state index in [9.17, 15) is 35.4 Å². The van der Waals surface area contributed by atoms with Gasteiger partial charge in [0.15, 0.2) is 23.9 Å². The molecule has 42 heavy (non-hydrogen) atoms. The smallest absolute Gasteiger partial charge is 0.273 e. The maximum Gasteiger partial charge on any atom is 0.273 e. The zero-order valence-electron chi connectivity index (χ0n) is 21.8. The summed E-state index contributed by atoms with van der Waals surface area (Å²) in [5, 5.41) is 61.7. The van der Waals surface area contributed by atoms with E-state index in [1.54, 1.807) is 12.3 Å². The van der Waals surface area contributed by atoms with Crippen molar-refractivity contribution in [2.75, 3.05) is 18.9 Å². The molecule has 0 radical (unpaired) electrons. The zero-order chi connectivity index (χ0) is 30.1. The second-order valence-electron chi connectivity index (χ2n) is 9.65. The van der Waals surface area contributed by atoms with E-state index in [1.165, 1.54) is 28.3 Å². The number of carbonyl (C=O) groups excluding carboxylic acids is 1. The van der Waals surface area contributed by atoms with Crippen LogP contribution < -0.4 is 11.5 Å². The molecule has 230 valence electrons. The first-order valence-electron chi connectivity index (χ1n) is 12.7. The second kappa shape index (κ2) is 12.5. The number of fused-ring (bicyclic) bond motifs is 1. The Bertz CT molecular complexity index is 1330. The van der Waals surface area contributed by atoms with Crippen molar-refractivity contribution >= 4 is 22.9 Å². The van der Waals surface area contributed by atoms with Gasteiger partial charge in [-0.3, -0.25) is 14.1 Å². The van der Waals surface area contributed by atoms with Crippen LogP contribution >= 0.6 is 0 Å². The van der Waals surface area contributed by atoms with Crippen molar-refractivity contribution in [3.05, 3.63) is 36.7 Å². The Morgan fingerprint density at radius 1 is 0.976 bits per heavy atom. The van der Waals surface area contributed by atoms with Crippen molar-refractivity contribution in [1.82, 2.24) is 24.4 Å². The van der Waals surface area contributed by atoms with E-state index in [2.05, 4.69) is 15.0 Å². The number of carbonyl (C=O) groups is 1. The molecule has 2 aromatic rings. The maximum atomic E-state index is 11.5. The molecule has 5 heterocycles. The highest BCUT2D eigenvalue weighted by atomic mass is 16.9. The zero-order valence-corrected chi connectivity index (χ0v) is 21.8. The Hall–Kier alpha value is -3.34. The molecule has 2 saturated heterocycles. The van der Waals surface area contributed by atoms with Crippen LogP contribution in [0.5, 0.6) is 0 Å². The molecule has 19 nitrogen and oxygen atoms in total. The molecule has 10 atom stereocenters. The molecular weight excluding hydrogens is 566 g/mol. The number of hydrogen-bond donors (Lipinski definition) is 8. The van der Waals surface area contributed by atoms with Crippen LogP contribution in [0.15, 0.2) is 36.7 Å². The van der Waals surface area contributed by atoms with Crippen LogP contribution in [0.1, 0.15) is 12.6 Å². The lowest BCUT2D eigenvalue weighted by molar-refractivity contribution is -0.383. The molecule has 0 bridgehead atoms. The summed E-state index contributed by atoms with van der Waals surface area (Å²) in [5.74, 6) is -0.524. The van der Waals surface area contributed by atoms with Crippen molar-refractivity contribution in [3.8, 4) is 0 Å². The van der Waals surface area contributed by atoms with E-state index < -0.39 is 81.2 Å². The molecule has 3 aliphatic rings. The summed E-state index contributed by atoms with van der Waals surface area (Å²) in [6, 6.07) is 0. The predicted octanol–water partition coefficient (Wildman–Crippen LogP) is -4.34. The van der Waals surface area contributed by atoms with Crippen LogP contribution in [0.25, 0.3) is 11.2 Å². The van der Waals surface area contributed by atoms with E-state index in [4.69, 9.17) is 35.2 Å². The first-order valence-corrected chi connectivity index (χ1v) is 12.7. The van der Waals surface area contributed by atoms with Crippen molar-refractivity contribution < 1.29 is 59.1 Å². The van der Waals surface area contributed by atoms with Gasteiger partial charge in [0.25, 0.3) is 13.0 Å². The van der Waals surface area contributed by atoms with Gasteiger partial charge in [0.2, 0.25) is 5.91 Å². The summed E-state index contributed by atoms with van der Waals surface area (Å²) >= 11 is 0. The third-order valence-corrected chi connectivity index (χ3v) is 6.91. The van der Waals surface area contributed by atoms with Gasteiger partial charge in [-0.25, -0.2) is 15.0 Å². The highest BCUT2D eigenvalue weighted by Crippen LogP contribution is 2.32. The number of nitrogen functional groups attached to an aromatic ring is 1. The summed E-state index contributed by atoms with van der Waals surface area (Å²) < 4.78 is 27.6. The van der Waals surface area contributed by atoms with Gasteiger partial charge in [0.05, 0.1) is 19.5 Å². The highest BCUT2D eigenvalue weighted by Gasteiger charge is 2.46. The SMILES string of the molecule is NC(=O)C1=CN(C2OC(COC(O)OC(O)OCC3OC(n4cnc5c(N)ncnc54)C(O)C3O)C(O)C2O)C=CC1. The van der Waals surface area contributed by atoms with Crippen LogP contribution in [0, 0.1) is 0 Å². The fourth-order valence-corrected chi connectivity index (χ4v) is 4.70. The van der Waals surface area contributed by atoms with Crippen molar-refractivity contribution in [3.63, 3.8) is 0 Å². The number of nitrogens with zero attached hydrogens (tertiary/aromatic N) is 5. The number of hydrogen-bond acceptors (Lipinski definition) is 17. The predicted molar refractivity (Wildman–Crippen MR) is 134 cm³/mol. The largest absolute Gasteiger partial charge is 0.387 e. The fraction of sp³-hybridized carbons (Fsp3) is 0.565. The van der Waals surface area contributed by atoms with Gasteiger partial charge in [0.1, 0.15) is 48.5 Å². The van der Waals surface area contributed by atoms with Crippen LogP contribution in [0.3, 0.4) is 0 Å². The van der Waals surface area contributed by atoms with E-state index in [-0.39, 0.29) is 22.6 Å². The minimum Gasteiger partial charge on any atom is -0.387 e. The number of ether oxygens (including phenoxy) is 5. The lowest BCUT2D eigenvalue weighted by Crippen LogP contribution is -2.40. The number of aliphatic hydroxyl groups excluding tert-OH is 6. The minimum absolute atomic E-state index is 0.118. The Kier molecular flexibility index (Phi) is 8.96. The van der Waals surface area contributed by atoms with E-state index in [1.807, 2.05) is 0 Å². The van der Waals surface area contributed by atoms with Crippen LogP contribution in [-0.2, 0) is 28.5 Å². The van der Waals surface area contributed by atoms with Gasteiger partial charge in [-0.15, -0.1) is 0 Å². The molecule has 1 amide bonds. The molecule has 3 aliphatic heterocycles. The number of aromatic nitrogens is 4. The molecule has 0 aliphatic carbocycles. The minimum atomic E-state index is -2.06. The summed E-state index contributed by atoms with van der Waals surface area (Å²) in [5.41, 5.74) is 11.9. The molecule has 0 aromatic carbocycles. The second-order valence-corrected chi connectivity index (χ2v) is 9.65. The molecule has 0 saturated carbocycles. The lowest BCUT2D eigenvalue weighted by Gasteiger charge is -2.28. The topological polar surface area (TPSA) is 283 Å². The van der Waals surface area contributed by atoms with Crippen molar-refractivity contribution in [2.45, 2.75) is 68.5 Å². The van der Waals surface area contributed by atoms with Gasteiger partial charge in [-0.2, -0.15) is 0 Å². The number of amides is 1. The first-order chi connectivity index (χ1) is 20.0. The molecule has 10 N–H and O–H groups in total. The Morgan fingerprint density at radius 3 is 2.24 bits per heavy atom. The van der Waals surface area contributed by atoms with Crippen molar-refractivity contribution in [2.24, 2.45) is 5.73 Å². The van der Waals surface area contributed by atoms with Gasteiger partial charge in [-0.1, -0.05) is 6.08 Å². The number of anilines is 1. The number of primary amides is 1. The molecule has 0 spiro atoms. The molecule has 2 fully saturated rings. The molecule has 19 heteroatoms. The summed E-state index contributed by atoms with van der Waals surface area (Å²) in [7, 11) is 0. The average molecular weight is 598 g/mol. The summed E-state index contributed by atoms with van der Waals surface area (Å²) in [6.45, 7) is -5.07. The number of allylic oxidation sites excluding steroid dienone is 1. The van der Waals surface area contributed by atoms with Crippen LogP contribution in [0.4, 0.5) is 5.82 Å². The number of imidazole rings is 1. The lowest BCUT2D eigenvalue weighted by atomic mass is 10.1. The number of aliphatic hydroxyl groups is 6. The maximum absolute atomic E-state index is 11.5. The normalized spacial score (nSPS) is 32.8. The number of nitrogens with two attached hydrogens (primary N) is 2. The molecular formula is C23H31N7O12. The Labute approximate surface area is 236 Å². The molecule has 5 rings (SSSR count). The van der Waals surface area contributed by atoms with Gasteiger partial charge in [0, 0.05) is 18.0 Å². The van der Waals surface area contributed by atoms with Gasteiger partial charge >= 0.3 is 0 Å². The quantitative estimate of drug-likeness (QED) is 0.114.